The van der Waals surface area contributed by atoms with Crippen LogP contribution in [0.4, 0.5) is 0 Å². The van der Waals surface area contributed by atoms with Crippen molar-refractivity contribution in [1.29, 1.82) is 0 Å². The summed E-state index contributed by atoms with van der Waals surface area (Å²) < 4.78 is 5.68. The van der Waals surface area contributed by atoms with Gasteiger partial charge in [-0.15, -0.1) is 6.42 Å². The van der Waals surface area contributed by atoms with Gasteiger partial charge in [0, 0.05) is 17.1 Å². The van der Waals surface area contributed by atoms with Gasteiger partial charge in [0.25, 0.3) is 5.91 Å². The first-order valence-electron chi connectivity index (χ1n) is 6.46. The Hall–Kier alpha value is -1.70. The summed E-state index contributed by atoms with van der Waals surface area (Å²) in [6.07, 6.45) is 4.46. The van der Waals surface area contributed by atoms with E-state index in [0.717, 1.165) is 12.1 Å². The number of halogens is 1. The van der Waals surface area contributed by atoms with Gasteiger partial charge in [0.05, 0.1) is 6.54 Å². The van der Waals surface area contributed by atoms with Gasteiger partial charge in [0.2, 0.25) is 0 Å². The molecule has 0 aliphatic carbocycles. The lowest BCUT2D eigenvalue weighted by Crippen LogP contribution is -2.36. The molecule has 2 N–H and O–H groups in total. The quantitative estimate of drug-likeness (QED) is 0.756. The fourth-order valence-electron chi connectivity index (χ4n) is 1.60. The number of nitrogens with one attached hydrogen (secondary N) is 2. The second-order valence-corrected chi connectivity index (χ2v) is 4.59. The Morgan fingerprint density at radius 2 is 2.30 bits per heavy atom. The van der Waals surface area contributed by atoms with E-state index in [2.05, 4.69) is 16.6 Å². The normalized spacial score (nSPS) is 11.5. The minimum absolute atomic E-state index is 0.187. The van der Waals surface area contributed by atoms with Crippen LogP contribution in [0.15, 0.2) is 18.2 Å². The number of carbonyl (C=O) groups is 1. The predicted molar refractivity (Wildman–Crippen MR) is 80.8 cm³/mol. The van der Waals surface area contributed by atoms with Gasteiger partial charge < -0.3 is 15.4 Å². The van der Waals surface area contributed by atoms with Crippen molar-refractivity contribution in [3.8, 4) is 18.1 Å². The van der Waals surface area contributed by atoms with E-state index < -0.39 is 6.10 Å². The molecule has 1 aromatic rings. The molecule has 0 fully saturated rings. The van der Waals surface area contributed by atoms with Gasteiger partial charge in [0.15, 0.2) is 6.10 Å². The van der Waals surface area contributed by atoms with Crippen molar-refractivity contribution in [2.45, 2.75) is 26.5 Å². The molecule has 1 rings (SSSR count). The highest BCUT2D eigenvalue weighted by molar-refractivity contribution is 6.31. The predicted octanol–water partition coefficient (Wildman–Crippen LogP) is 1.97. The molecule has 0 spiro atoms. The zero-order valence-corrected chi connectivity index (χ0v) is 12.5. The monoisotopic (exact) mass is 294 g/mol. The van der Waals surface area contributed by atoms with Crippen molar-refractivity contribution in [2.24, 2.45) is 0 Å². The molecule has 4 nitrogen and oxygen atoms in total. The maximum absolute atomic E-state index is 11.7. The first kappa shape index (κ1) is 16.4. The molecule has 108 valence electrons. The summed E-state index contributed by atoms with van der Waals surface area (Å²) in [7, 11) is 0. The molecule has 20 heavy (non-hydrogen) atoms. The lowest BCUT2D eigenvalue weighted by Gasteiger charge is -2.17. The molecule has 0 radical (unpaired) electrons. The smallest absolute Gasteiger partial charge is 0.261 e. The van der Waals surface area contributed by atoms with E-state index in [1.54, 1.807) is 25.1 Å². The molecule has 0 saturated heterocycles. The second-order valence-electron chi connectivity index (χ2n) is 4.18. The zero-order chi connectivity index (χ0) is 15.0. The number of ether oxygens (including phenoxy) is 1. The summed E-state index contributed by atoms with van der Waals surface area (Å²) >= 11 is 6.16. The third-order valence-corrected chi connectivity index (χ3v) is 3.02. The van der Waals surface area contributed by atoms with Crippen molar-refractivity contribution in [2.75, 3.05) is 13.1 Å². The van der Waals surface area contributed by atoms with Crippen molar-refractivity contribution in [3.05, 3.63) is 28.8 Å². The van der Waals surface area contributed by atoms with E-state index in [-0.39, 0.29) is 12.5 Å². The third-order valence-electron chi connectivity index (χ3n) is 2.67. The summed E-state index contributed by atoms with van der Waals surface area (Å²) in [6.45, 7) is 5.27. The van der Waals surface area contributed by atoms with Crippen LogP contribution >= 0.6 is 11.6 Å². The summed E-state index contributed by atoms with van der Waals surface area (Å²) in [5.74, 6) is 2.69. The summed E-state index contributed by atoms with van der Waals surface area (Å²) in [5, 5.41) is 6.38. The van der Waals surface area contributed by atoms with Gasteiger partial charge >= 0.3 is 0 Å². The number of amides is 1. The molecule has 1 atom stereocenters. The molecule has 0 aliphatic heterocycles. The number of benzene rings is 1. The van der Waals surface area contributed by atoms with Crippen LogP contribution in [0.25, 0.3) is 0 Å². The van der Waals surface area contributed by atoms with Crippen LogP contribution in [-0.2, 0) is 11.3 Å². The molecule has 0 heterocycles. The third kappa shape index (κ3) is 4.76. The maximum Gasteiger partial charge on any atom is 0.261 e. The minimum Gasteiger partial charge on any atom is -0.481 e. The van der Waals surface area contributed by atoms with Gasteiger partial charge in [-0.1, -0.05) is 30.5 Å². The molecular formula is C15H19ClN2O2. The van der Waals surface area contributed by atoms with Crippen molar-refractivity contribution >= 4 is 17.5 Å². The lowest BCUT2D eigenvalue weighted by atomic mass is 10.2. The van der Waals surface area contributed by atoms with Crippen LogP contribution in [0.5, 0.6) is 5.75 Å². The van der Waals surface area contributed by atoms with E-state index in [1.165, 1.54) is 0 Å². The highest BCUT2D eigenvalue weighted by Crippen LogP contribution is 2.27. The number of hydrogen-bond donors (Lipinski definition) is 2. The molecule has 1 aromatic carbocycles. The van der Waals surface area contributed by atoms with Gasteiger partial charge in [-0.25, -0.2) is 0 Å². The lowest BCUT2D eigenvalue weighted by molar-refractivity contribution is -0.127. The molecule has 0 bridgehead atoms. The van der Waals surface area contributed by atoms with Crippen LogP contribution < -0.4 is 15.4 Å². The average molecular weight is 295 g/mol. The minimum atomic E-state index is -0.637. The fourth-order valence-corrected chi connectivity index (χ4v) is 1.83. The average Bonchev–Trinajstić information content (AvgIpc) is 2.44. The van der Waals surface area contributed by atoms with Crippen LogP contribution in [-0.4, -0.2) is 25.1 Å². The molecule has 1 unspecified atom stereocenters. The van der Waals surface area contributed by atoms with Gasteiger partial charge in [-0.2, -0.15) is 0 Å². The Morgan fingerprint density at radius 3 is 2.95 bits per heavy atom. The number of rotatable bonds is 7. The number of terminal acetylenes is 1. The van der Waals surface area contributed by atoms with Crippen molar-refractivity contribution < 1.29 is 9.53 Å². The molecule has 1 amide bonds. The Morgan fingerprint density at radius 1 is 1.55 bits per heavy atom. The highest BCUT2D eigenvalue weighted by Gasteiger charge is 2.16. The van der Waals surface area contributed by atoms with Crippen LogP contribution in [0.1, 0.15) is 19.4 Å². The zero-order valence-electron chi connectivity index (χ0n) is 11.7. The highest BCUT2D eigenvalue weighted by atomic mass is 35.5. The molecular weight excluding hydrogens is 276 g/mol. The fraction of sp³-hybridized carbons (Fsp3) is 0.400. The van der Waals surface area contributed by atoms with E-state index in [0.29, 0.717) is 17.3 Å². The SMILES string of the molecule is C#CCNC(=O)C(C)Oc1cccc(Cl)c1CNCC. The first-order chi connectivity index (χ1) is 9.60. The van der Waals surface area contributed by atoms with Crippen molar-refractivity contribution in [3.63, 3.8) is 0 Å². The van der Waals surface area contributed by atoms with E-state index in [4.69, 9.17) is 22.8 Å². The maximum atomic E-state index is 11.7. The van der Waals surface area contributed by atoms with Gasteiger partial charge in [0.1, 0.15) is 5.75 Å². The Labute approximate surface area is 124 Å². The summed E-state index contributed by atoms with van der Waals surface area (Å²) in [6, 6.07) is 5.38. The molecule has 0 saturated carbocycles. The van der Waals surface area contributed by atoms with Crippen LogP contribution in [0.3, 0.4) is 0 Å². The van der Waals surface area contributed by atoms with Gasteiger partial charge in [-0.05, 0) is 25.6 Å². The van der Waals surface area contributed by atoms with Crippen molar-refractivity contribution in [1.82, 2.24) is 10.6 Å². The number of hydrogen-bond acceptors (Lipinski definition) is 3. The van der Waals surface area contributed by atoms with Gasteiger partial charge in [-0.3, -0.25) is 4.79 Å². The Bertz CT molecular complexity index is 497. The first-order valence-corrected chi connectivity index (χ1v) is 6.83. The van der Waals surface area contributed by atoms with E-state index in [1.807, 2.05) is 6.92 Å². The topological polar surface area (TPSA) is 50.4 Å². The van der Waals surface area contributed by atoms with Crippen LogP contribution in [0.2, 0.25) is 5.02 Å². The standard InChI is InChI=1S/C15H19ClN2O2/c1-4-9-18-15(19)11(3)20-14-8-6-7-13(16)12(14)10-17-5-2/h1,6-8,11,17H,5,9-10H2,2-3H3,(H,18,19). The van der Waals surface area contributed by atoms with Crippen LogP contribution in [0, 0.1) is 12.3 Å². The number of carbonyl (C=O) groups excluding carboxylic acids is 1. The molecule has 0 aliphatic rings. The largest absolute Gasteiger partial charge is 0.481 e. The summed E-state index contributed by atoms with van der Waals surface area (Å²) in [5.41, 5.74) is 0.840. The Balaban J connectivity index is 2.78. The molecule has 5 heteroatoms. The summed E-state index contributed by atoms with van der Waals surface area (Å²) in [4.78, 5) is 11.7. The van der Waals surface area contributed by atoms with E-state index >= 15 is 0 Å². The Kier molecular flexibility index (Phi) is 6.92. The van der Waals surface area contributed by atoms with E-state index in [9.17, 15) is 4.79 Å². The molecule has 0 aromatic heterocycles. The second kappa shape index (κ2) is 8.47.